The van der Waals surface area contributed by atoms with Gasteiger partial charge in [-0.1, -0.05) is 0 Å². The third kappa shape index (κ3) is 2.44. The lowest BCUT2D eigenvalue weighted by atomic mass is 9.96. The molecular weight excluding hydrogens is 232 g/mol. The highest BCUT2D eigenvalue weighted by Gasteiger charge is 2.49. The van der Waals surface area contributed by atoms with Crippen LogP contribution in [0.25, 0.3) is 0 Å². The minimum absolute atomic E-state index is 0.0825. The largest absolute Gasteiger partial charge is 0.480 e. The molecule has 2 fully saturated rings. The van der Waals surface area contributed by atoms with E-state index in [0.29, 0.717) is 0 Å². The van der Waals surface area contributed by atoms with E-state index in [1.54, 1.807) is 11.8 Å². The van der Waals surface area contributed by atoms with E-state index in [9.17, 15) is 14.7 Å². The molecular formula is C13H22N2O3. The van der Waals surface area contributed by atoms with Crippen LogP contribution in [0.2, 0.25) is 0 Å². The molecule has 2 amide bonds. The number of carbonyl (C=O) groups excluding carboxylic acids is 1. The fourth-order valence-electron chi connectivity index (χ4n) is 2.68. The molecule has 0 aromatic heterocycles. The zero-order valence-electron chi connectivity index (χ0n) is 11.1. The first kappa shape index (κ1) is 13.2. The molecule has 1 aliphatic carbocycles. The summed E-state index contributed by atoms with van der Waals surface area (Å²) in [6, 6.07) is -0.0185. The van der Waals surface area contributed by atoms with Crippen molar-refractivity contribution in [3.63, 3.8) is 0 Å². The molecule has 1 aliphatic heterocycles. The summed E-state index contributed by atoms with van der Waals surface area (Å²) in [5.74, 6) is -0.845. The zero-order valence-corrected chi connectivity index (χ0v) is 11.1. The lowest BCUT2D eigenvalue weighted by Crippen LogP contribution is -2.59. The molecule has 5 heteroatoms. The van der Waals surface area contributed by atoms with E-state index >= 15 is 0 Å². The Morgan fingerprint density at radius 2 is 1.94 bits per heavy atom. The first-order valence-electron chi connectivity index (χ1n) is 6.77. The third-order valence-corrected chi connectivity index (χ3v) is 4.27. The molecule has 0 radical (unpaired) electrons. The predicted octanol–water partition coefficient (Wildman–Crippen LogP) is 1.82. The number of carboxylic acids is 1. The van der Waals surface area contributed by atoms with Crippen LogP contribution < -0.4 is 5.32 Å². The highest BCUT2D eigenvalue weighted by molar-refractivity contribution is 5.86. The molecule has 2 aliphatic rings. The van der Waals surface area contributed by atoms with Crippen LogP contribution in [0.3, 0.4) is 0 Å². The Kier molecular flexibility index (Phi) is 3.50. The molecule has 0 aromatic rings. The van der Waals surface area contributed by atoms with Crippen LogP contribution in [0.4, 0.5) is 4.79 Å². The number of rotatable bonds is 3. The van der Waals surface area contributed by atoms with Crippen LogP contribution in [0.5, 0.6) is 0 Å². The van der Waals surface area contributed by atoms with Crippen molar-refractivity contribution in [1.82, 2.24) is 10.2 Å². The standard InChI is InChI=1S/C13H22N2O3/c1-9-5-3-4-8-15(9)12(18)14-13(2,11(16)17)10-6-7-10/h9-10H,3-8H2,1-2H3,(H,14,18)(H,16,17). The number of aliphatic carboxylic acids is 1. The summed E-state index contributed by atoms with van der Waals surface area (Å²) in [6.45, 7) is 4.38. The van der Waals surface area contributed by atoms with Gasteiger partial charge in [0.15, 0.2) is 0 Å². The quantitative estimate of drug-likeness (QED) is 0.807. The lowest BCUT2D eigenvalue weighted by Gasteiger charge is -2.36. The van der Waals surface area contributed by atoms with Gasteiger partial charge in [-0.15, -0.1) is 0 Å². The molecule has 1 heterocycles. The average molecular weight is 254 g/mol. The second kappa shape index (κ2) is 4.78. The smallest absolute Gasteiger partial charge is 0.329 e. The summed E-state index contributed by atoms with van der Waals surface area (Å²) in [5.41, 5.74) is -1.10. The van der Waals surface area contributed by atoms with Crippen molar-refractivity contribution in [2.24, 2.45) is 5.92 Å². The van der Waals surface area contributed by atoms with Crippen molar-refractivity contribution in [2.45, 2.75) is 57.5 Å². The van der Waals surface area contributed by atoms with Gasteiger partial charge in [0.05, 0.1) is 0 Å². The highest BCUT2D eigenvalue weighted by atomic mass is 16.4. The van der Waals surface area contributed by atoms with Crippen LogP contribution in [0.1, 0.15) is 46.0 Å². The first-order chi connectivity index (χ1) is 8.45. The lowest BCUT2D eigenvalue weighted by molar-refractivity contribution is -0.144. The number of carboxylic acid groups (broad SMARTS) is 1. The van der Waals surface area contributed by atoms with E-state index in [-0.39, 0.29) is 18.0 Å². The van der Waals surface area contributed by atoms with Gasteiger partial charge in [-0.2, -0.15) is 0 Å². The Bertz CT molecular complexity index is 354. The minimum atomic E-state index is -1.10. The molecule has 1 saturated carbocycles. The number of nitrogens with zero attached hydrogens (tertiary/aromatic N) is 1. The summed E-state index contributed by atoms with van der Waals surface area (Å²) < 4.78 is 0. The average Bonchev–Trinajstić information content (AvgIpc) is 3.13. The van der Waals surface area contributed by atoms with Gasteiger partial charge in [-0.3, -0.25) is 0 Å². The van der Waals surface area contributed by atoms with Crippen LogP contribution in [-0.4, -0.2) is 40.1 Å². The number of likely N-dealkylation sites (tertiary alicyclic amines) is 1. The second-order valence-electron chi connectivity index (χ2n) is 5.75. The monoisotopic (exact) mass is 254 g/mol. The van der Waals surface area contributed by atoms with Gasteiger partial charge in [-0.25, -0.2) is 9.59 Å². The maximum atomic E-state index is 12.2. The highest BCUT2D eigenvalue weighted by Crippen LogP contribution is 2.40. The summed E-state index contributed by atoms with van der Waals surface area (Å²) in [5, 5.41) is 12.1. The Hall–Kier alpha value is -1.26. The van der Waals surface area contributed by atoms with Gasteiger partial charge in [0, 0.05) is 12.6 Å². The maximum absolute atomic E-state index is 12.2. The number of carbonyl (C=O) groups is 2. The molecule has 2 unspecified atom stereocenters. The number of urea groups is 1. The van der Waals surface area contributed by atoms with Gasteiger partial charge in [0.1, 0.15) is 5.54 Å². The summed E-state index contributed by atoms with van der Waals surface area (Å²) in [6.07, 6.45) is 4.92. The minimum Gasteiger partial charge on any atom is -0.480 e. The number of hydrogen-bond acceptors (Lipinski definition) is 2. The molecule has 2 atom stereocenters. The molecule has 0 aromatic carbocycles. The van der Waals surface area contributed by atoms with Crippen molar-refractivity contribution >= 4 is 12.0 Å². The topological polar surface area (TPSA) is 69.6 Å². The second-order valence-corrected chi connectivity index (χ2v) is 5.75. The normalized spacial score (nSPS) is 27.4. The van der Waals surface area contributed by atoms with Crippen molar-refractivity contribution in [3.05, 3.63) is 0 Å². The molecule has 5 nitrogen and oxygen atoms in total. The molecule has 2 rings (SSSR count). The Morgan fingerprint density at radius 3 is 2.44 bits per heavy atom. The molecule has 2 N–H and O–H groups in total. The van der Waals surface area contributed by atoms with Gasteiger partial charge < -0.3 is 15.3 Å². The van der Waals surface area contributed by atoms with Crippen LogP contribution in [0, 0.1) is 5.92 Å². The van der Waals surface area contributed by atoms with Crippen LogP contribution >= 0.6 is 0 Å². The van der Waals surface area contributed by atoms with Crippen LogP contribution in [-0.2, 0) is 4.79 Å². The fourth-order valence-corrected chi connectivity index (χ4v) is 2.68. The van der Waals surface area contributed by atoms with E-state index in [4.69, 9.17) is 0 Å². The van der Waals surface area contributed by atoms with Crippen molar-refractivity contribution in [1.29, 1.82) is 0 Å². The molecule has 18 heavy (non-hydrogen) atoms. The maximum Gasteiger partial charge on any atom is 0.329 e. The van der Waals surface area contributed by atoms with Gasteiger partial charge in [0.2, 0.25) is 0 Å². The van der Waals surface area contributed by atoms with E-state index in [1.165, 1.54) is 0 Å². The van der Waals surface area contributed by atoms with Crippen LogP contribution in [0.15, 0.2) is 0 Å². The predicted molar refractivity (Wildman–Crippen MR) is 67.3 cm³/mol. The third-order valence-electron chi connectivity index (χ3n) is 4.27. The summed E-state index contributed by atoms with van der Waals surface area (Å²) in [4.78, 5) is 25.4. The Labute approximate surface area is 108 Å². The van der Waals surface area contributed by atoms with E-state index in [1.807, 2.05) is 6.92 Å². The van der Waals surface area contributed by atoms with E-state index < -0.39 is 11.5 Å². The number of amides is 2. The van der Waals surface area contributed by atoms with Gasteiger partial charge in [0.25, 0.3) is 0 Å². The summed E-state index contributed by atoms with van der Waals surface area (Å²) in [7, 11) is 0. The number of nitrogens with one attached hydrogen (secondary N) is 1. The molecule has 0 bridgehead atoms. The SMILES string of the molecule is CC1CCCCN1C(=O)NC(C)(C(=O)O)C1CC1. The van der Waals surface area contributed by atoms with Crippen molar-refractivity contribution in [2.75, 3.05) is 6.54 Å². The fraction of sp³-hybridized carbons (Fsp3) is 0.846. The summed E-state index contributed by atoms with van der Waals surface area (Å²) >= 11 is 0. The van der Waals surface area contributed by atoms with E-state index in [2.05, 4.69) is 5.32 Å². The first-order valence-corrected chi connectivity index (χ1v) is 6.77. The Balaban J connectivity index is 2.02. The van der Waals surface area contributed by atoms with E-state index in [0.717, 1.165) is 38.6 Å². The van der Waals surface area contributed by atoms with Crippen molar-refractivity contribution in [3.8, 4) is 0 Å². The zero-order chi connectivity index (χ0) is 13.3. The molecule has 0 spiro atoms. The van der Waals surface area contributed by atoms with Gasteiger partial charge >= 0.3 is 12.0 Å². The molecule has 102 valence electrons. The Morgan fingerprint density at radius 1 is 1.28 bits per heavy atom. The number of piperidine rings is 1. The number of hydrogen-bond donors (Lipinski definition) is 2. The van der Waals surface area contributed by atoms with Crippen molar-refractivity contribution < 1.29 is 14.7 Å². The van der Waals surface area contributed by atoms with Gasteiger partial charge in [-0.05, 0) is 51.9 Å². The molecule has 1 saturated heterocycles.